The minimum Gasteiger partial charge on any atom is -0.412 e. The highest BCUT2D eigenvalue weighted by atomic mass is 28.4. The Morgan fingerprint density at radius 2 is 0.938 bits per heavy atom. The number of hydrogen-bond acceptors (Lipinski definition) is 2. The van der Waals surface area contributed by atoms with Gasteiger partial charge >= 0.3 is 0 Å². The van der Waals surface area contributed by atoms with E-state index in [2.05, 4.69) is 53.1 Å². The standard InChI is InChI=1S/C12H30O2Si2/c1-9-11(13-15(3,4)5)12(10-2)14-16(6,7)8/h11-12H,9-10H2,1-8H3. The van der Waals surface area contributed by atoms with Gasteiger partial charge in [-0.1, -0.05) is 13.8 Å². The summed E-state index contributed by atoms with van der Waals surface area (Å²) in [5.74, 6) is 0. The fourth-order valence-corrected chi connectivity index (χ4v) is 4.21. The van der Waals surface area contributed by atoms with Crippen LogP contribution in [0.25, 0.3) is 0 Å². The second-order valence-electron chi connectivity index (χ2n) is 6.35. The van der Waals surface area contributed by atoms with Crippen LogP contribution in [0.4, 0.5) is 0 Å². The largest absolute Gasteiger partial charge is 0.412 e. The van der Waals surface area contributed by atoms with Crippen molar-refractivity contribution >= 4 is 16.6 Å². The molecule has 0 aromatic heterocycles. The zero-order chi connectivity index (χ0) is 13.0. The molecule has 2 atom stereocenters. The van der Waals surface area contributed by atoms with E-state index in [1.54, 1.807) is 0 Å². The summed E-state index contributed by atoms with van der Waals surface area (Å²) < 4.78 is 12.4. The normalized spacial score (nSPS) is 17.2. The monoisotopic (exact) mass is 262 g/mol. The van der Waals surface area contributed by atoms with Crippen molar-refractivity contribution < 1.29 is 8.85 Å². The van der Waals surface area contributed by atoms with Gasteiger partial charge in [0.2, 0.25) is 0 Å². The summed E-state index contributed by atoms with van der Waals surface area (Å²) in [7, 11) is -2.92. The summed E-state index contributed by atoms with van der Waals surface area (Å²) in [5.41, 5.74) is 0. The minimum absolute atomic E-state index is 0.281. The summed E-state index contributed by atoms with van der Waals surface area (Å²) in [6.07, 6.45) is 2.66. The van der Waals surface area contributed by atoms with Gasteiger partial charge in [0.1, 0.15) is 0 Å². The minimum atomic E-state index is -1.46. The van der Waals surface area contributed by atoms with Crippen molar-refractivity contribution in [2.75, 3.05) is 0 Å². The van der Waals surface area contributed by atoms with Crippen LogP contribution in [0.3, 0.4) is 0 Å². The molecule has 0 radical (unpaired) electrons. The molecule has 0 spiro atoms. The lowest BCUT2D eigenvalue weighted by Gasteiger charge is -2.35. The van der Waals surface area contributed by atoms with Crippen molar-refractivity contribution in [3.05, 3.63) is 0 Å². The molecule has 0 bridgehead atoms. The van der Waals surface area contributed by atoms with Crippen LogP contribution < -0.4 is 0 Å². The molecule has 0 saturated heterocycles. The SMILES string of the molecule is CCC(O[Si](C)(C)C)C(CC)O[Si](C)(C)C. The number of rotatable bonds is 7. The zero-order valence-corrected chi connectivity index (χ0v) is 14.4. The van der Waals surface area contributed by atoms with Gasteiger partial charge < -0.3 is 8.85 Å². The van der Waals surface area contributed by atoms with Crippen molar-refractivity contribution in [1.29, 1.82) is 0 Å². The zero-order valence-electron chi connectivity index (χ0n) is 12.4. The maximum absolute atomic E-state index is 6.22. The Hall–Kier alpha value is 0.354. The Morgan fingerprint density at radius 3 is 1.06 bits per heavy atom. The predicted octanol–water partition coefficient (Wildman–Crippen LogP) is 4.25. The molecule has 0 heterocycles. The van der Waals surface area contributed by atoms with Crippen molar-refractivity contribution in [1.82, 2.24) is 0 Å². The van der Waals surface area contributed by atoms with E-state index >= 15 is 0 Å². The maximum atomic E-state index is 6.22. The topological polar surface area (TPSA) is 18.5 Å². The molecular formula is C12H30O2Si2. The van der Waals surface area contributed by atoms with Crippen LogP contribution in [0.1, 0.15) is 26.7 Å². The Morgan fingerprint density at radius 1 is 0.688 bits per heavy atom. The molecule has 0 amide bonds. The molecule has 0 aliphatic carbocycles. The van der Waals surface area contributed by atoms with E-state index in [1.807, 2.05) is 0 Å². The summed E-state index contributed by atoms with van der Waals surface area (Å²) >= 11 is 0. The third kappa shape index (κ3) is 7.60. The molecule has 4 heteroatoms. The molecule has 98 valence electrons. The van der Waals surface area contributed by atoms with E-state index in [0.29, 0.717) is 0 Å². The van der Waals surface area contributed by atoms with Gasteiger partial charge in [-0.15, -0.1) is 0 Å². The molecule has 0 aromatic carbocycles. The lowest BCUT2D eigenvalue weighted by atomic mass is 10.1. The molecule has 0 saturated carbocycles. The molecule has 2 nitrogen and oxygen atoms in total. The van der Waals surface area contributed by atoms with Crippen LogP contribution >= 0.6 is 0 Å². The van der Waals surface area contributed by atoms with Crippen LogP contribution in [0.2, 0.25) is 39.3 Å². The molecule has 0 N–H and O–H groups in total. The van der Waals surface area contributed by atoms with Gasteiger partial charge in [0, 0.05) is 0 Å². The van der Waals surface area contributed by atoms with E-state index in [1.165, 1.54) is 0 Å². The van der Waals surface area contributed by atoms with Gasteiger partial charge in [0.05, 0.1) is 12.2 Å². The van der Waals surface area contributed by atoms with Crippen LogP contribution in [-0.2, 0) is 8.85 Å². The first-order valence-electron chi connectivity index (χ1n) is 6.44. The molecule has 0 aromatic rings. The third-order valence-corrected chi connectivity index (χ3v) is 4.25. The average molecular weight is 263 g/mol. The van der Waals surface area contributed by atoms with E-state index in [0.717, 1.165) is 12.8 Å². The average Bonchev–Trinajstić information content (AvgIpc) is 2.07. The van der Waals surface area contributed by atoms with E-state index in [9.17, 15) is 0 Å². The Kier molecular flexibility index (Phi) is 6.47. The highest BCUT2D eigenvalue weighted by Gasteiger charge is 2.29. The van der Waals surface area contributed by atoms with Crippen LogP contribution in [0.15, 0.2) is 0 Å². The van der Waals surface area contributed by atoms with Crippen LogP contribution in [0.5, 0.6) is 0 Å². The first-order chi connectivity index (χ1) is 7.09. The van der Waals surface area contributed by atoms with Gasteiger partial charge in [-0.25, -0.2) is 0 Å². The fourth-order valence-electron chi connectivity index (χ4n) is 1.75. The number of hydrogen-bond donors (Lipinski definition) is 0. The van der Waals surface area contributed by atoms with Gasteiger partial charge in [-0.3, -0.25) is 0 Å². The molecule has 0 rings (SSSR count). The second kappa shape index (κ2) is 6.33. The lowest BCUT2D eigenvalue weighted by Crippen LogP contribution is -2.44. The molecule has 2 unspecified atom stereocenters. The highest BCUT2D eigenvalue weighted by Crippen LogP contribution is 2.20. The van der Waals surface area contributed by atoms with E-state index in [4.69, 9.17) is 8.85 Å². The molecule has 0 aliphatic rings. The molecule has 0 aliphatic heterocycles. The van der Waals surface area contributed by atoms with Gasteiger partial charge in [0.25, 0.3) is 0 Å². The summed E-state index contributed by atoms with van der Waals surface area (Å²) in [5, 5.41) is 0. The smallest absolute Gasteiger partial charge is 0.184 e. The Labute approximate surface area is 104 Å². The van der Waals surface area contributed by atoms with Crippen molar-refractivity contribution in [3.8, 4) is 0 Å². The fraction of sp³-hybridized carbons (Fsp3) is 1.00. The lowest BCUT2D eigenvalue weighted by molar-refractivity contribution is 0.0393. The summed E-state index contributed by atoms with van der Waals surface area (Å²) in [4.78, 5) is 0. The van der Waals surface area contributed by atoms with Gasteiger partial charge in [0.15, 0.2) is 16.6 Å². The quantitative estimate of drug-likeness (QED) is 0.639. The predicted molar refractivity (Wildman–Crippen MR) is 77.0 cm³/mol. The Balaban J connectivity index is 4.51. The van der Waals surface area contributed by atoms with E-state index in [-0.39, 0.29) is 12.2 Å². The van der Waals surface area contributed by atoms with Crippen molar-refractivity contribution in [2.45, 2.75) is 78.2 Å². The summed E-state index contributed by atoms with van der Waals surface area (Å²) in [6, 6.07) is 0. The molecule has 16 heavy (non-hydrogen) atoms. The first kappa shape index (κ1) is 16.4. The highest BCUT2D eigenvalue weighted by molar-refractivity contribution is 6.70. The van der Waals surface area contributed by atoms with E-state index < -0.39 is 16.6 Å². The van der Waals surface area contributed by atoms with Gasteiger partial charge in [-0.05, 0) is 52.1 Å². The van der Waals surface area contributed by atoms with Crippen molar-refractivity contribution in [3.63, 3.8) is 0 Å². The second-order valence-corrected chi connectivity index (χ2v) is 15.3. The van der Waals surface area contributed by atoms with Crippen LogP contribution in [-0.4, -0.2) is 28.8 Å². The maximum Gasteiger partial charge on any atom is 0.184 e. The van der Waals surface area contributed by atoms with Crippen molar-refractivity contribution in [2.24, 2.45) is 0 Å². The first-order valence-corrected chi connectivity index (χ1v) is 13.3. The molecular weight excluding hydrogens is 232 g/mol. The third-order valence-electron chi connectivity index (χ3n) is 2.23. The van der Waals surface area contributed by atoms with Crippen LogP contribution in [0, 0.1) is 0 Å². The molecule has 0 fully saturated rings. The van der Waals surface area contributed by atoms with Gasteiger partial charge in [-0.2, -0.15) is 0 Å². The summed E-state index contributed by atoms with van der Waals surface area (Å²) in [6.45, 7) is 17.9. The Bertz CT molecular complexity index is 172.